The van der Waals surface area contributed by atoms with E-state index in [2.05, 4.69) is 222 Å². The zero-order valence-corrected chi connectivity index (χ0v) is 31.6. The minimum absolute atomic E-state index is 0.486. The summed E-state index contributed by atoms with van der Waals surface area (Å²) in [5.41, 5.74) is 16.1. The van der Waals surface area contributed by atoms with Crippen molar-refractivity contribution in [3.05, 3.63) is 241 Å². The van der Waals surface area contributed by atoms with Gasteiger partial charge in [-0.05, 0) is 93.5 Å². The number of anilines is 3. The Kier molecular flexibility index (Phi) is 7.14. The summed E-state index contributed by atoms with van der Waals surface area (Å²) in [6, 6.07) is 79.2. The molecule has 272 valence electrons. The first kappa shape index (κ1) is 32.6. The molecule has 10 aromatic rings. The lowest BCUT2D eigenvalue weighted by Crippen LogP contribution is -2.28. The van der Waals surface area contributed by atoms with Crippen molar-refractivity contribution in [1.82, 2.24) is 4.57 Å². The van der Waals surface area contributed by atoms with Gasteiger partial charge in [0, 0.05) is 33.4 Å². The normalized spacial score (nSPS) is 13.1. The summed E-state index contributed by atoms with van der Waals surface area (Å²) in [6.07, 6.45) is 0. The zero-order valence-electron chi connectivity index (χ0n) is 31.6. The maximum Gasteiger partial charge on any atom is 0.152 e. The van der Waals surface area contributed by atoms with Crippen molar-refractivity contribution in [3.63, 3.8) is 0 Å². The second-order valence-corrected chi connectivity index (χ2v) is 15.2. The molecule has 9 aromatic carbocycles. The molecule has 0 saturated heterocycles. The van der Waals surface area contributed by atoms with Crippen LogP contribution in [0.5, 0.6) is 11.5 Å². The number of ether oxygens (including phenoxy) is 1. The fourth-order valence-corrected chi connectivity index (χ4v) is 9.87. The van der Waals surface area contributed by atoms with Gasteiger partial charge in [-0.2, -0.15) is 0 Å². The van der Waals surface area contributed by atoms with E-state index in [-0.39, 0.29) is 0 Å². The largest absolute Gasteiger partial charge is 0.453 e. The first-order valence-corrected chi connectivity index (χ1v) is 19.9. The molecule has 0 amide bonds. The van der Waals surface area contributed by atoms with E-state index >= 15 is 0 Å². The minimum atomic E-state index is -0.486. The van der Waals surface area contributed by atoms with E-state index < -0.39 is 5.41 Å². The van der Waals surface area contributed by atoms with E-state index in [9.17, 15) is 0 Å². The number of para-hydroxylation sites is 5. The number of aromatic nitrogens is 1. The van der Waals surface area contributed by atoms with Crippen molar-refractivity contribution in [1.29, 1.82) is 0 Å². The Hall–Kier alpha value is -7.62. The summed E-state index contributed by atoms with van der Waals surface area (Å²) < 4.78 is 8.83. The Bertz CT molecular complexity index is 3150. The molecule has 3 nitrogen and oxygen atoms in total. The van der Waals surface area contributed by atoms with Gasteiger partial charge in [0.15, 0.2) is 11.5 Å². The molecule has 0 radical (unpaired) electrons. The van der Waals surface area contributed by atoms with Gasteiger partial charge in [0.25, 0.3) is 0 Å². The van der Waals surface area contributed by atoms with E-state index in [1.165, 1.54) is 55.2 Å². The van der Waals surface area contributed by atoms with Crippen LogP contribution in [0, 0.1) is 0 Å². The third-order valence-corrected chi connectivity index (χ3v) is 12.2. The monoisotopic (exact) mass is 740 g/mol. The molecule has 3 heteroatoms. The Morgan fingerprint density at radius 3 is 1.69 bits per heavy atom. The molecule has 2 heterocycles. The number of nitrogens with zero attached hydrogens (tertiary/aromatic N) is 2. The van der Waals surface area contributed by atoms with Crippen LogP contribution in [0.15, 0.2) is 218 Å². The Morgan fingerprint density at radius 2 is 0.931 bits per heavy atom. The summed E-state index contributed by atoms with van der Waals surface area (Å²) in [5.74, 6) is 1.75. The predicted octanol–water partition coefficient (Wildman–Crippen LogP) is 14.4. The molecule has 0 fully saturated rings. The molecule has 1 aliphatic carbocycles. The highest BCUT2D eigenvalue weighted by Gasteiger charge is 2.46. The SMILES string of the molecule is c1ccc(N(c2ccc(-c3cccc4c5cccc6c5n(c34)-c3ccccc3O6)cc2)c2ccc3c(c2)C(c2ccccc2)(c2ccccc2)c2ccccc2-3)cc1. The van der Waals surface area contributed by atoms with Gasteiger partial charge in [-0.1, -0.05) is 164 Å². The summed E-state index contributed by atoms with van der Waals surface area (Å²) in [6.45, 7) is 0. The molecular weight excluding hydrogens is 705 g/mol. The van der Waals surface area contributed by atoms with Crippen LogP contribution < -0.4 is 9.64 Å². The topological polar surface area (TPSA) is 17.4 Å². The van der Waals surface area contributed by atoms with Crippen LogP contribution in [-0.2, 0) is 5.41 Å². The summed E-state index contributed by atoms with van der Waals surface area (Å²) >= 11 is 0. The minimum Gasteiger partial charge on any atom is -0.453 e. The molecule has 2 aliphatic rings. The van der Waals surface area contributed by atoms with Crippen LogP contribution in [0.2, 0.25) is 0 Å². The van der Waals surface area contributed by atoms with Crippen LogP contribution >= 0.6 is 0 Å². The summed E-state index contributed by atoms with van der Waals surface area (Å²) in [5, 5.41) is 2.40. The van der Waals surface area contributed by atoms with E-state index in [4.69, 9.17) is 4.74 Å². The Labute approximate surface area is 337 Å². The fraction of sp³-hybridized carbons (Fsp3) is 0.0182. The molecule has 1 aromatic heterocycles. The van der Waals surface area contributed by atoms with Crippen LogP contribution in [-0.4, -0.2) is 4.57 Å². The van der Waals surface area contributed by atoms with Crippen molar-refractivity contribution >= 4 is 38.9 Å². The van der Waals surface area contributed by atoms with Crippen molar-refractivity contribution in [3.8, 4) is 39.4 Å². The summed E-state index contributed by atoms with van der Waals surface area (Å²) in [4.78, 5) is 2.39. The van der Waals surface area contributed by atoms with E-state index in [0.717, 1.165) is 45.3 Å². The maximum absolute atomic E-state index is 6.43. The van der Waals surface area contributed by atoms with Gasteiger partial charge >= 0.3 is 0 Å². The van der Waals surface area contributed by atoms with Crippen LogP contribution in [0.25, 0.3) is 49.7 Å². The van der Waals surface area contributed by atoms with Gasteiger partial charge in [-0.3, -0.25) is 0 Å². The number of hydrogen-bond acceptors (Lipinski definition) is 2. The lowest BCUT2D eigenvalue weighted by Gasteiger charge is -2.35. The van der Waals surface area contributed by atoms with E-state index in [1.54, 1.807) is 0 Å². The number of hydrogen-bond donors (Lipinski definition) is 0. The van der Waals surface area contributed by atoms with Gasteiger partial charge in [-0.25, -0.2) is 0 Å². The van der Waals surface area contributed by atoms with Gasteiger partial charge in [-0.15, -0.1) is 0 Å². The Balaban J connectivity index is 1.04. The highest BCUT2D eigenvalue weighted by atomic mass is 16.5. The van der Waals surface area contributed by atoms with Gasteiger partial charge < -0.3 is 14.2 Å². The van der Waals surface area contributed by atoms with Crippen molar-refractivity contribution < 1.29 is 4.74 Å². The van der Waals surface area contributed by atoms with Crippen molar-refractivity contribution in [2.45, 2.75) is 5.41 Å². The molecule has 0 N–H and O–H groups in total. The van der Waals surface area contributed by atoms with E-state index in [1.807, 2.05) is 6.07 Å². The molecule has 0 unspecified atom stereocenters. The highest BCUT2D eigenvalue weighted by Crippen LogP contribution is 2.57. The van der Waals surface area contributed by atoms with Crippen LogP contribution in [0.4, 0.5) is 17.1 Å². The average Bonchev–Trinajstić information content (AvgIpc) is 3.80. The standard InChI is InChI=1S/C55H36N2O/c1-4-16-38(17-5-1)55(39-18-6-2-7-19-39)48-26-11-10-22-44(48)45-35-34-42(36-49(45)55)56(40-20-8-3-9-21-40)41-32-30-37(31-33-41)43-23-14-24-46-47-25-15-29-52-54(47)57(53(43)46)50-27-12-13-28-51(50)58-52/h1-36H. The van der Waals surface area contributed by atoms with Crippen LogP contribution in [0.3, 0.4) is 0 Å². The third-order valence-electron chi connectivity index (χ3n) is 12.2. The number of benzene rings is 9. The third kappa shape index (κ3) is 4.62. The molecule has 0 spiro atoms. The van der Waals surface area contributed by atoms with Gasteiger partial charge in [0.2, 0.25) is 0 Å². The smallest absolute Gasteiger partial charge is 0.152 e. The second-order valence-electron chi connectivity index (χ2n) is 15.2. The predicted molar refractivity (Wildman–Crippen MR) is 238 cm³/mol. The second kappa shape index (κ2) is 12.7. The molecule has 0 saturated carbocycles. The van der Waals surface area contributed by atoms with Crippen molar-refractivity contribution in [2.75, 3.05) is 4.90 Å². The quantitative estimate of drug-likeness (QED) is 0.169. The highest BCUT2D eigenvalue weighted by molar-refractivity contribution is 6.16. The average molecular weight is 741 g/mol. The fourth-order valence-electron chi connectivity index (χ4n) is 9.87. The number of fused-ring (bicyclic) bond motifs is 8. The first-order chi connectivity index (χ1) is 28.8. The zero-order chi connectivity index (χ0) is 38.2. The van der Waals surface area contributed by atoms with Gasteiger partial charge in [0.1, 0.15) is 0 Å². The number of rotatable bonds is 6. The molecule has 0 bridgehead atoms. The molecule has 0 atom stereocenters. The van der Waals surface area contributed by atoms with Crippen molar-refractivity contribution in [2.24, 2.45) is 0 Å². The summed E-state index contributed by atoms with van der Waals surface area (Å²) in [7, 11) is 0. The first-order valence-electron chi connectivity index (χ1n) is 19.9. The van der Waals surface area contributed by atoms with Gasteiger partial charge in [0.05, 0.1) is 22.1 Å². The molecule has 58 heavy (non-hydrogen) atoms. The lowest BCUT2D eigenvalue weighted by atomic mass is 9.67. The molecular formula is C55H36N2O. The van der Waals surface area contributed by atoms with Crippen LogP contribution in [0.1, 0.15) is 22.3 Å². The lowest BCUT2D eigenvalue weighted by molar-refractivity contribution is 0.476. The Morgan fingerprint density at radius 1 is 0.379 bits per heavy atom. The van der Waals surface area contributed by atoms with E-state index in [0.29, 0.717) is 0 Å². The maximum atomic E-state index is 6.43. The molecule has 12 rings (SSSR count). The molecule has 1 aliphatic heterocycles.